The molecule has 1 aromatic carbocycles. The molecule has 0 saturated heterocycles. The maximum absolute atomic E-state index is 13.6. The van der Waals surface area contributed by atoms with Crippen LogP contribution in [0.25, 0.3) is 11.1 Å². The fourth-order valence-corrected chi connectivity index (χ4v) is 4.18. The molecule has 9 heteroatoms. The summed E-state index contributed by atoms with van der Waals surface area (Å²) < 4.78 is 19.7. The average Bonchev–Trinajstić information content (AvgIpc) is 2.90. The van der Waals surface area contributed by atoms with Crippen LogP contribution >= 0.6 is 0 Å². The SMILES string of the molecule is C[C@@H]1CN([C@H](C)CO)C(=O)c2cc(-c3ccc(F)cc3)cnc2O[C@@H]1CN(C)C(=O)c1cccnc1. The van der Waals surface area contributed by atoms with Crippen molar-refractivity contribution in [2.75, 3.05) is 26.7 Å². The van der Waals surface area contributed by atoms with Crippen LogP contribution in [-0.2, 0) is 0 Å². The lowest BCUT2D eigenvalue weighted by Crippen LogP contribution is -2.50. The highest BCUT2D eigenvalue weighted by Crippen LogP contribution is 2.30. The van der Waals surface area contributed by atoms with Gasteiger partial charge in [0.2, 0.25) is 5.88 Å². The number of hydrogen-bond donors (Lipinski definition) is 1. The summed E-state index contributed by atoms with van der Waals surface area (Å²) in [6.45, 7) is 4.09. The van der Waals surface area contributed by atoms with Crippen molar-refractivity contribution in [3.05, 3.63) is 78.0 Å². The fourth-order valence-electron chi connectivity index (χ4n) is 4.18. The molecule has 0 saturated carbocycles. The number of carbonyl (C=O) groups excluding carboxylic acids is 2. The normalized spacial score (nSPS) is 18.5. The topological polar surface area (TPSA) is 95.9 Å². The number of aliphatic hydroxyl groups excluding tert-OH is 1. The predicted octanol–water partition coefficient (Wildman–Crippen LogP) is 3.28. The molecule has 1 aliphatic heterocycles. The summed E-state index contributed by atoms with van der Waals surface area (Å²) in [5, 5.41) is 9.83. The highest BCUT2D eigenvalue weighted by molar-refractivity contribution is 5.98. The first kappa shape index (κ1) is 25.2. The van der Waals surface area contributed by atoms with Crippen LogP contribution in [0.5, 0.6) is 5.88 Å². The minimum Gasteiger partial charge on any atom is -0.472 e. The third kappa shape index (κ3) is 5.36. The van der Waals surface area contributed by atoms with Crippen molar-refractivity contribution in [3.63, 3.8) is 0 Å². The van der Waals surface area contributed by atoms with Crippen LogP contribution < -0.4 is 4.74 Å². The number of rotatable bonds is 6. The Kier molecular flexibility index (Phi) is 7.59. The number of likely N-dealkylation sites (N-methyl/N-ethyl adjacent to an activating group) is 1. The zero-order chi connectivity index (χ0) is 25.8. The highest BCUT2D eigenvalue weighted by Gasteiger charge is 2.35. The van der Waals surface area contributed by atoms with Crippen molar-refractivity contribution in [2.45, 2.75) is 26.0 Å². The third-order valence-corrected chi connectivity index (χ3v) is 6.41. The summed E-state index contributed by atoms with van der Waals surface area (Å²) in [5.74, 6) is -0.883. The van der Waals surface area contributed by atoms with Crippen molar-refractivity contribution in [2.24, 2.45) is 5.92 Å². The number of fused-ring (bicyclic) bond motifs is 1. The molecule has 2 aromatic heterocycles. The van der Waals surface area contributed by atoms with Gasteiger partial charge in [0.1, 0.15) is 17.5 Å². The molecule has 1 aliphatic rings. The number of hydrogen-bond acceptors (Lipinski definition) is 6. The lowest BCUT2D eigenvalue weighted by atomic mass is 9.99. The molecule has 0 radical (unpaired) electrons. The van der Waals surface area contributed by atoms with Gasteiger partial charge < -0.3 is 19.6 Å². The minimum atomic E-state index is -0.472. The number of aromatic nitrogens is 2. The van der Waals surface area contributed by atoms with Gasteiger partial charge in [0, 0.05) is 43.7 Å². The molecule has 188 valence electrons. The van der Waals surface area contributed by atoms with Crippen molar-refractivity contribution in [1.29, 1.82) is 0 Å². The van der Waals surface area contributed by atoms with E-state index < -0.39 is 12.1 Å². The summed E-state index contributed by atoms with van der Waals surface area (Å²) in [5.41, 5.74) is 2.05. The van der Waals surface area contributed by atoms with Crippen molar-refractivity contribution < 1.29 is 23.8 Å². The monoisotopic (exact) mass is 492 g/mol. The van der Waals surface area contributed by atoms with Crippen LogP contribution in [0.3, 0.4) is 0 Å². The summed E-state index contributed by atoms with van der Waals surface area (Å²) in [6, 6.07) is 10.6. The quantitative estimate of drug-likeness (QED) is 0.568. The van der Waals surface area contributed by atoms with E-state index in [4.69, 9.17) is 4.74 Å². The molecule has 0 fully saturated rings. The second-order valence-electron chi connectivity index (χ2n) is 9.13. The van der Waals surface area contributed by atoms with Gasteiger partial charge in [-0.2, -0.15) is 0 Å². The first-order valence-corrected chi connectivity index (χ1v) is 11.8. The van der Waals surface area contributed by atoms with Gasteiger partial charge in [-0.05, 0) is 42.8 Å². The Morgan fingerprint density at radius 1 is 1.25 bits per heavy atom. The summed E-state index contributed by atoms with van der Waals surface area (Å²) in [4.78, 5) is 38.1. The Balaban J connectivity index is 1.68. The van der Waals surface area contributed by atoms with Crippen molar-refractivity contribution >= 4 is 11.8 Å². The predicted molar refractivity (Wildman–Crippen MR) is 132 cm³/mol. The van der Waals surface area contributed by atoms with Crippen LogP contribution in [-0.4, -0.2) is 75.6 Å². The lowest BCUT2D eigenvalue weighted by molar-refractivity contribution is 0.0313. The van der Waals surface area contributed by atoms with Crippen LogP contribution in [0, 0.1) is 11.7 Å². The molecule has 3 heterocycles. The second kappa shape index (κ2) is 10.8. The van der Waals surface area contributed by atoms with Gasteiger partial charge in [-0.3, -0.25) is 14.6 Å². The lowest BCUT2D eigenvalue weighted by Gasteiger charge is -2.37. The molecule has 3 aromatic rings. The summed E-state index contributed by atoms with van der Waals surface area (Å²) in [6.07, 6.45) is 4.22. The van der Waals surface area contributed by atoms with E-state index in [-0.39, 0.29) is 48.1 Å². The maximum atomic E-state index is 13.6. The Morgan fingerprint density at radius 2 is 2.00 bits per heavy atom. The Labute approximate surface area is 209 Å². The minimum absolute atomic E-state index is 0.153. The number of aliphatic hydroxyl groups is 1. The Bertz CT molecular complexity index is 1220. The molecule has 8 nitrogen and oxygen atoms in total. The largest absolute Gasteiger partial charge is 0.472 e. The molecular formula is C27H29FN4O4. The van der Waals surface area contributed by atoms with E-state index in [0.29, 0.717) is 23.2 Å². The zero-order valence-electron chi connectivity index (χ0n) is 20.5. The molecular weight excluding hydrogens is 463 g/mol. The number of benzene rings is 1. The molecule has 0 unspecified atom stereocenters. The number of halogens is 1. The average molecular weight is 493 g/mol. The Morgan fingerprint density at radius 3 is 2.67 bits per heavy atom. The number of carbonyl (C=O) groups is 2. The van der Waals surface area contributed by atoms with E-state index in [1.54, 1.807) is 66.5 Å². The standard InChI is InChI=1S/C27H29FN4O4/c1-17-14-32(18(2)16-33)27(35)23-11-21(19-6-8-22(28)9-7-19)13-30-25(23)36-24(17)15-31(3)26(34)20-5-4-10-29-12-20/h4-13,17-18,24,33H,14-16H2,1-3H3/t17-,18-,24-/m1/s1. The van der Waals surface area contributed by atoms with Crippen LogP contribution in [0.2, 0.25) is 0 Å². The van der Waals surface area contributed by atoms with Gasteiger partial charge in [-0.1, -0.05) is 19.1 Å². The first-order chi connectivity index (χ1) is 17.3. The molecule has 3 atom stereocenters. The third-order valence-electron chi connectivity index (χ3n) is 6.41. The van der Waals surface area contributed by atoms with E-state index in [1.165, 1.54) is 18.3 Å². The molecule has 0 bridgehead atoms. The molecule has 1 N–H and O–H groups in total. The van der Waals surface area contributed by atoms with E-state index in [1.807, 2.05) is 6.92 Å². The highest BCUT2D eigenvalue weighted by atomic mass is 19.1. The van der Waals surface area contributed by atoms with Gasteiger partial charge >= 0.3 is 0 Å². The molecule has 2 amide bonds. The number of ether oxygens (including phenoxy) is 1. The van der Waals surface area contributed by atoms with Crippen molar-refractivity contribution in [3.8, 4) is 17.0 Å². The van der Waals surface area contributed by atoms with Gasteiger partial charge in [-0.15, -0.1) is 0 Å². The summed E-state index contributed by atoms with van der Waals surface area (Å²) >= 11 is 0. The van der Waals surface area contributed by atoms with E-state index in [2.05, 4.69) is 9.97 Å². The van der Waals surface area contributed by atoms with Crippen LogP contribution in [0.4, 0.5) is 4.39 Å². The van der Waals surface area contributed by atoms with Crippen molar-refractivity contribution in [1.82, 2.24) is 19.8 Å². The van der Waals surface area contributed by atoms with Crippen LogP contribution in [0.1, 0.15) is 34.6 Å². The fraction of sp³-hybridized carbons (Fsp3) is 0.333. The number of nitrogens with zero attached hydrogens (tertiary/aromatic N) is 4. The van der Waals surface area contributed by atoms with E-state index in [9.17, 15) is 19.1 Å². The zero-order valence-corrected chi connectivity index (χ0v) is 20.5. The second-order valence-corrected chi connectivity index (χ2v) is 9.13. The molecule has 0 aliphatic carbocycles. The Hall–Kier alpha value is -3.85. The van der Waals surface area contributed by atoms with Gasteiger partial charge in [0.25, 0.3) is 11.8 Å². The van der Waals surface area contributed by atoms with E-state index >= 15 is 0 Å². The van der Waals surface area contributed by atoms with E-state index in [0.717, 1.165) is 0 Å². The number of pyridine rings is 2. The maximum Gasteiger partial charge on any atom is 0.259 e. The van der Waals surface area contributed by atoms with Gasteiger partial charge in [-0.25, -0.2) is 9.37 Å². The first-order valence-electron chi connectivity index (χ1n) is 11.8. The molecule has 0 spiro atoms. The summed E-state index contributed by atoms with van der Waals surface area (Å²) in [7, 11) is 1.69. The molecule has 36 heavy (non-hydrogen) atoms. The smallest absolute Gasteiger partial charge is 0.259 e. The van der Waals surface area contributed by atoms with Gasteiger partial charge in [0.05, 0.1) is 24.8 Å². The molecule has 4 rings (SSSR count). The van der Waals surface area contributed by atoms with Gasteiger partial charge in [0.15, 0.2) is 0 Å². The van der Waals surface area contributed by atoms with Crippen LogP contribution in [0.15, 0.2) is 61.1 Å². The number of amides is 2.